The van der Waals surface area contributed by atoms with Gasteiger partial charge in [0, 0.05) is 11.6 Å². The summed E-state index contributed by atoms with van der Waals surface area (Å²) in [5.74, 6) is 0.869. The molecule has 2 N–H and O–H groups in total. The normalized spacial score (nSPS) is 12.0. The van der Waals surface area contributed by atoms with E-state index >= 15 is 0 Å². The topological polar surface area (TPSA) is 103 Å². The number of ether oxygens (including phenoxy) is 3. The predicted molar refractivity (Wildman–Crippen MR) is 139 cm³/mol. The van der Waals surface area contributed by atoms with Crippen molar-refractivity contribution in [3.8, 4) is 17.2 Å². The summed E-state index contributed by atoms with van der Waals surface area (Å²) in [5, 5.41) is 3.07. The Morgan fingerprint density at radius 2 is 1.53 bits per heavy atom. The second-order valence-electron chi connectivity index (χ2n) is 7.89. The van der Waals surface area contributed by atoms with Crippen LogP contribution in [-0.4, -0.2) is 48.2 Å². The van der Waals surface area contributed by atoms with E-state index in [0.717, 1.165) is 11.1 Å². The summed E-state index contributed by atoms with van der Waals surface area (Å²) < 4.78 is 44.8. The lowest BCUT2D eigenvalue weighted by Gasteiger charge is -2.20. The van der Waals surface area contributed by atoms with Crippen LogP contribution in [0, 0.1) is 0 Å². The lowest BCUT2D eigenvalue weighted by molar-refractivity contribution is -0.122. The number of hydrogen-bond acceptors (Lipinski definition) is 6. The molecule has 192 valence electrons. The van der Waals surface area contributed by atoms with Crippen molar-refractivity contribution in [3.05, 3.63) is 82.9 Å². The first-order valence-electron chi connectivity index (χ1n) is 11.2. The lowest BCUT2D eigenvalue weighted by atomic mass is 10.1. The molecule has 0 bridgehead atoms. The Balaban J connectivity index is 1.77. The monoisotopic (exact) mass is 532 g/mol. The highest BCUT2D eigenvalue weighted by atomic mass is 35.5. The first-order valence-corrected chi connectivity index (χ1v) is 13.0. The second kappa shape index (κ2) is 12.6. The summed E-state index contributed by atoms with van der Waals surface area (Å²) in [5.41, 5.74) is 1.73. The lowest BCUT2D eigenvalue weighted by Crippen LogP contribution is -2.48. The highest BCUT2D eigenvalue weighted by Crippen LogP contribution is 2.28. The van der Waals surface area contributed by atoms with Gasteiger partial charge in [0.2, 0.25) is 15.9 Å². The molecule has 10 heteroatoms. The minimum Gasteiger partial charge on any atom is -0.495 e. The summed E-state index contributed by atoms with van der Waals surface area (Å²) in [4.78, 5) is 13.0. The van der Waals surface area contributed by atoms with Crippen molar-refractivity contribution in [2.24, 2.45) is 0 Å². The third-order valence-corrected chi connectivity index (χ3v) is 7.20. The second-order valence-corrected chi connectivity index (χ2v) is 10.0. The fourth-order valence-corrected chi connectivity index (χ4v) is 5.27. The smallest absolute Gasteiger partial charge is 0.245 e. The molecule has 0 heterocycles. The molecule has 0 aromatic heterocycles. The Labute approximate surface area is 216 Å². The summed E-state index contributed by atoms with van der Waals surface area (Å²) in [6.07, 6.45) is 0.671. The summed E-state index contributed by atoms with van der Waals surface area (Å²) in [6, 6.07) is 17.9. The van der Waals surface area contributed by atoms with Crippen LogP contribution >= 0.6 is 11.6 Å². The van der Waals surface area contributed by atoms with Gasteiger partial charge >= 0.3 is 0 Å². The molecule has 3 aromatic carbocycles. The van der Waals surface area contributed by atoms with Crippen LogP contribution in [0.1, 0.15) is 11.1 Å². The quantitative estimate of drug-likeness (QED) is 0.369. The number of halogens is 1. The number of amides is 1. The zero-order valence-electron chi connectivity index (χ0n) is 20.3. The molecule has 0 aliphatic rings. The number of hydrogen-bond donors (Lipinski definition) is 2. The van der Waals surface area contributed by atoms with Gasteiger partial charge in [0.25, 0.3) is 0 Å². The number of methoxy groups -OCH3 is 3. The number of benzene rings is 3. The average Bonchev–Trinajstić information content (AvgIpc) is 2.88. The van der Waals surface area contributed by atoms with Crippen molar-refractivity contribution in [1.82, 2.24) is 10.0 Å². The van der Waals surface area contributed by atoms with Gasteiger partial charge in [0.05, 0.1) is 21.3 Å². The van der Waals surface area contributed by atoms with Crippen LogP contribution in [0.5, 0.6) is 17.2 Å². The van der Waals surface area contributed by atoms with Crippen molar-refractivity contribution in [2.45, 2.75) is 23.8 Å². The van der Waals surface area contributed by atoms with E-state index in [1.807, 2.05) is 42.5 Å². The predicted octanol–water partition coefficient (Wildman–Crippen LogP) is 3.61. The highest BCUT2D eigenvalue weighted by Gasteiger charge is 2.28. The van der Waals surface area contributed by atoms with Crippen LogP contribution in [0.15, 0.2) is 71.6 Å². The van der Waals surface area contributed by atoms with Crippen LogP contribution in [0.4, 0.5) is 0 Å². The Morgan fingerprint density at radius 1 is 0.861 bits per heavy atom. The molecule has 3 rings (SSSR count). The Kier molecular flexibility index (Phi) is 9.58. The molecule has 8 nitrogen and oxygen atoms in total. The molecule has 0 radical (unpaired) electrons. The molecule has 36 heavy (non-hydrogen) atoms. The van der Waals surface area contributed by atoms with Crippen molar-refractivity contribution in [3.63, 3.8) is 0 Å². The summed E-state index contributed by atoms with van der Waals surface area (Å²) in [7, 11) is 0.346. The van der Waals surface area contributed by atoms with Crippen LogP contribution in [-0.2, 0) is 27.7 Å². The maximum Gasteiger partial charge on any atom is 0.245 e. The molecule has 0 unspecified atom stereocenters. The fraction of sp³-hybridized carbons (Fsp3) is 0.269. The molecular formula is C26H29ClN2O6S. The molecule has 0 aliphatic heterocycles. The van der Waals surface area contributed by atoms with Crippen LogP contribution in [0.2, 0.25) is 5.02 Å². The van der Waals surface area contributed by atoms with Gasteiger partial charge in [-0.2, -0.15) is 4.72 Å². The van der Waals surface area contributed by atoms with Crippen LogP contribution < -0.4 is 24.2 Å². The van der Waals surface area contributed by atoms with Crippen LogP contribution in [0.3, 0.4) is 0 Å². The van der Waals surface area contributed by atoms with Gasteiger partial charge in [-0.1, -0.05) is 48.0 Å². The molecule has 0 saturated heterocycles. The van der Waals surface area contributed by atoms with Crippen molar-refractivity contribution < 1.29 is 27.4 Å². The van der Waals surface area contributed by atoms with E-state index < -0.39 is 22.0 Å². The first kappa shape index (κ1) is 27.3. The van der Waals surface area contributed by atoms with Gasteiger partial charge in [-0.05, 0) is 54.3 Å². The summed E-state index contributed by atoms with van der Waals surface area (Å²) in [6.45, 7) is 0.293. The standard InChI is InChI=1S/C26H29ClN2O6S/c1-33-22-11-9-19(16-24(22)35-3)13-14-28-26(30)21(15-18-7-5-4-6-8-18)29-36(31,32)25-17-20(27)10-12-23(25)34-2/h4-12,16-17,21,29H,13-15H2,1-3H3,(H,28,30)/t21-/m1/s1. The first-order chi connectivity index (χ1) is 17.3. The molecular weight excluding hydrogens is 504 g/mol. The van der Waals surface area contributed by atoms with Gasteiger partial charge in [-0.25, -0.2) is 8.42 Å². The van der Waals surface area contributed by atoms with E-state index in [2.05, 4.69) is 10.0 Å². The number of rotatable bonds is 12. The third kappa shape index (κ3) is 7.13. The van der Waals surface area contributed by atoms with E-state index in [1.165, 1.54) is 25.3 Å². The van der Waals surface area contributed by atoms with Gasteiger partial charge in [0.15, 0.2) is 11.5 Å². The minimum absolute atomic E-state index is 0.124. The molecule has 0 fully saturated rings. The van der Waals surface area contributed by atoms with E-state index in [9.17, 15) is 13.2 Å². The number of carbonyl (C=O) groups excluding carboxylic acids is 1. The fourth-order valence-electron chi connectivity index (χ4n) is 3.64. The molecule has 0 saturated carbocycles. The molecule has 0 aliphatic carbocycles. The number of nitrogens with one attached hydrogen (secondary N) is 2. The average molecular weight is 533 g/mol. The third-order valence-electron chi connectivity index (χ3n) is 5.47. The maximum atomic E-state index is 13.2. The largest absolute Gasteiger partial charge is 0.495 e. The van der Waals surface area contributed by atoms with Crippen molar-refractivity contribution in [2.75, 3.05) is 27.9 Å². The Morgan fingerprint density at radius 3 is 2.19 bits per heavy atom. The summed E-state index contributed by atoms with van der Waals surface area (Å²) >= 11 is 6.03. The molecule has 1 atom stereocenters. The molecule has 0 spiro atoms. The van der Waals surface area contributed by atoms with Crippen LogP contribution in [0.25, 0.3) is 0 Å². The minimum atomic E-state index is -4.13. The van der Waals surface area contributed by atoms with Crippen molar-refractivity contribution in [1.29, 1.82) is 0 Å². The van der Waals surface area contributed by atoms with Gasteiger partial charge in [0.1, 0.15) is 16.7 Å². The SMILES string of the molecule is COc1ccc(CCNC(=O)[C@@H](Cc2ccccc2)NS(=O)(=O)c2cc(Cl)ccc2OC)cc1OC. The van der Waals surface area contributed by atoms with E-state index in [-0.39, 0.29) is 22.1 Å². The van der Waals surface area contributed by atoms with E-state index in [0.29, 0.717) is 24.5 Å². The maximum absolute atomic E-state index is 13.2. The number of carbonyl (C=O) groups is 1. The van der Waals surface area contributed by atoms with Gasteiger partial charge < -0.3 is 19.5 Å². The van der Waals surface area contributed by atoms with Gasteiger partial charge in [-0.3, -0.25) is 4.79 Å². The van der Waals surface area contributed by atoms with Crippen molar-refractivity contribution >= 4 is 27.5 Å². The Hall–Kier alpha value is -3.27. The molecule has 1 amide bonds. The van der Waals surface area contributed by atoms with Gasteiger partial charge in [-0.15, -0.1) is 0 Å². The Bertz CT molecular complexity index is 1280. The zero-order chi connectivity index (χ0) is 26.1. The van der Waals surface area contributed by atoms with E-state index in [4.69, 9.17) is 25.8 Å². The number of sulfonamides is 1. The van der Waals surface area contributed by atoms with E-state index in [1.54, 1.807) is 20.3 Å². The highest BCUT2D eigenvalue weighted by molar-refractivity contribution is 7.89. The zero-order valence-corrected chi connectivity index (χ0v) is 21.9. The molecule has 3 aromatic rings.